The lowest BCUT2D eigenvalue weighted by Gasteiger charge is -2.30. The van der Waals surface area contributed by atoms with Crippen LogP contribution in [0.5, 0.6) is 11.5 Å². The predicted molar refractivity (Wildman–Crippen MR) is 86.0 cm³/mol. The Kier molecular flexibility index (Phi) is 6.43. The summed E-state index contributed by atoms with van der Waals surface area (Å²) in [5.74, 6) is 0.481. The molecule has 1 heterocycles. The van der Waals surface area contributed by atoms with Gasteiger partial charge >= 0.3 is 5.97 Å². The third-order valence-electron chi connectivity index (χ3n) is 3.87. The minimum atomic E-state index is -0.367. The van der Waals surface area contributed by atoms with Crippen LogP contribution in [0, 0.1) is 0 Å². The zero-order chi connectivity index (χ0) is 17.5. The van der Waals surface area contributed by atoms with Crippen molar-refractivity contribution in [2.45, 2.75) is 32.7 Å². The molecule has 1 unspecified atom stereocenters. The lowest BCUT2D eigenvalue weighted by Crippen LogP contribution is -2.43. The van der Waals surface area contributed by atoms with E-state index in [-0.39, 0.29) is 44.3 Å². The summed E-state index contributed by atoms with van der Waals surface area (Å²) in [6.45, 7) is 4.06. The molecule has 0 bridgehead atoms. The second kappa shape index (κ2) is 8.54. The highest BCUT2D eigenvalue weighted by Gasteiger charge is 2.25. The van der Waals surface area contributed by atoms with Gasteiger partial charge in [0.15, 0.2) is 11.5 Å². The monoisotopic (exact) mass is 337 g/mol. The Balaban J connectivity index is 2.15. The normalized spacial score (nSPS) is 13.5. The third kappa shape index (κ3) is 4.17. The SMILES string of the molecule is CCOC(=O)CCN(C(=O)c1ccc2c(c1)OCO2)C(CC)CO. The predicted octanol–water partition coefficient (Wildman–Crippen LogP) is 1.58. The molecule has 1 aromatic rings. The van der Waals surface area contributed by atoms with Crippen molar-refractivity contribution in [3.05, 3.63) is 23.8 Å². The number of carbonyl (C=O) groups excluding carboxylic acids is 2. The van der Waals surface area contributed by atoms with Crippen LogP contribution in [0.1, 0.15) is 37.0 Å². The number of hydrogen-bond donors (Lipinski definition) is 1. The number of benzene rings is 1. The Morgan fingerprint density at radius 2 is 2.04 bits per heavy atom. The Hall–Kier alpha value is -2.28. The van der Waals surface area contributed by atoms with Gasteiger partial charge in [-0.05, 0) is 31.5 Å². The summed E-state index contributed by atoms with van der Waals surface area (Å²) in [7, 11) is 0. The van der Waals surface area contributed by atoms with Gasteiger partial charge < -0.3 is 24.2 Å². The first-order chi connectivity index (χ1) is 11.6. The molecule has 0 saturated heterocycles. The molecule has 1 aliphatic rings. The molecule has 1 aliphatic heterocycles. The van der Waals surface area contributed by atoms with Crippen LogP contribution in [0.4, 0.5) is 0 Å². The molecule has 0 aromatic heterocycles. The largest absolute Gasteiger partial charge is 0.466 e. The number of aliphatic hydroxyl groups is 1. The lowest BCUT2D eigenvalue weighted by atomic mass is 10.1. The van der Waals surface area contributed by atoms with E-state index in [4.69, 9.17) is 14.2 Å². The maximum Gasteiger partial charge on any atom is 0.307 e. The molecular weight excluding hydrogens is 314 g/mol. The van der Waals surface area contributed by atoms with Gasteiger partial charge in [0.1, 0.15) is 0 Å². The number of nitrogens with zero attached hydrogens (tertiary/aromatic N) is 1. The number of ether oxygens (including phenoxy) is 3. The highest BCUT2D eigenvalue weighted by Crippen LogP contribution is 2.33. The number of amides is 1. The molecule has 2 rings (SSSR count). The Morgan fingerprint density at radius 3 is 2.71 bits per heavy atom. The fraction of sp³-hybridized carbons (Fsp3) is 0.529. The van der Waals surface area contributed by atoms with E-state index < -0.39 is 0 Å². The van der Waals surface area contributed by atoms with Crippen molar-refractivity contribution in [2.75, 3.05) is 26.6 Å². The molecule has 0 spiro atoms. The Bertz CT molecular complexity index is 584. The van der Waals surface area contributed by atoms with Crippen LogP contribution >= 0.6 is 0 Å². The Labute approximate surface area is 141 Å². The first-order valence-electron chi connectivity index (χ1n) is 8.07. The lowest BCUT2D eigenvalue weighted by molar-refractivity contribution is -0.143. The van der Waals surface area contributed by atoms with Gasteiger partial charge in [0.05, 0.1) is 25.7 Å². The standard InChI is InChI=1S/C17H23NO6/c1-3-13(10-19)18(8-7-16(20)22-4-2)17(21)12-5-6-14-15(9-12)24-11-23-14/h5-6,9,13,19H,3-4,7-8,10-11H2,1-2H3. The summed E-state index contributed by atoms with van der Waals surface area (Å²) in [6, 6.07) is 4.58. The second-order valence-corrected chi connectivity index (χ2v) is 5.37. The summed E-state index contributed by atoms with van der Waals surface area (Å²) in [6.07, 6.45) is 0.663. The van der Waals surface area contributed by atoms with Crippen LogP contribution in [-0.4, -0.2) is 54.5 Å². The van der Waals surface area contributed by atoms with Gasteiger partial charge in [0.25, 0.3) is 5.91 Å². The highest BCUT2D eigenvalue weighted by atomic mass is 16.7. The summed E-state index contributed by atoms with van der Waals surface area (Å²) < 4.78 is 15.4. The van der Waals surface area contributed by atoms with E-state index in [1.807, 2.05) is 6.92 Å². The van der Waals surface area contributed by atoms with E-state index in [0.717, 1.165) is 0 Å². The van der Waals surface area contributed by atoms with Crippen molar-refractivity contribution in [1.29, 1.82) is 0 Å². The summed E-state index contributed by atoms with van der Waals surface area (Å²) >= 11 is 0. The molecule has 1 amide bonds. The minimum absolute atomic E-state index is 0.0840. The molecule has 1 aromatic carbocycles. The number of esters is 1. The van der Waals surface area contributed by atoms with Crippen molar-refractivity contribution in [2.24, 2.45) is 0 Å². The van der Waals surface area contributed by atoms with Crippen LogP contribution < -0.4 is 9.47 Å². The topological polar surface area (TPSA) is 85.3 Å². The maximum atomic E-state index is 12.8. The van der Waals surface area contributed by atoms with Crippen LogP contribution in [0.25, 0.3) is 0 Å². The van der Waals surface area contributed by atoms with Crippen molar-refractivity contribution in [1.82, 2.24) is 4.90 Å². The molecule has 0 radical (unpaired) electrons. The van der Waals surface area contributed by atoms with Gasteiger partial charge in [-0.25, -0.2) is 0 Å². The second-order valence-electron chi connectivity index (χ2n) is 5.37. The van der Waals surface area contributed by atoms with Crippen LogP contribution in [-0.2, 0) is 9.53 Å². The third-order valence-corrected chi connectivity index (χ3v) is 3.87. The van der Waals surface area contributed by atoms with Gasteiger partial charge in [0, 0.05) is 12.1 Å². The van der Waals surface area contributed by atoms with Gasteiger partial charge in [0.2, 0.25) is 6.79 Å². The maximum absolute atomic E-state index is 12.8. The smallest absolute Gasteiger partial charge is 0.307 e. The van der Waals surface area contributed by atoms with Crippen LogP contribution in [0.15, 0.2) is 18.2 Å². The zero-order valence-corrected chi connectivity index (χ0v) is 14.0. The van der Waals surface area contributed by atoms with E-state index in [1.54, 1.807) is 25.1 Å². The molecule has 7 heteroatoms. The Morgan fingerprint density at radius 1 is 1.29 bits per heavy atom. The molecule has 1 atom stereocenters. The fourth-order valence-corrected chi connectivity index (χ4v) is 2.54. The van der Waals surface area contributed by atoms with E-state index in [9.17, 15) is 14.7 Å². The van der Waals surface area contributed by atoms with Gasteiger partial charge in [-0.2, -0.15) is 0 Å². The first-order valence-corrected chi connectivity index (χ1v) is 8.07. The molecule has 24 heavy (non-hydrogen) atoms. The van der Waals surface area contributed by atoms with Gasteiger partial charge in [-0.3, -0.25) is 9.59 Å². The quantitative estimate of drug-likeness (QED) is 0.725. The van der Waals surface area contributed by atoms with Gasteiger partial charge in [-0.15, -0.1) is 0 Å². The number of aliphatic hydroxyl groups excluding tert-OH is 1. The molecule has 7 nitrogen and oxygen atoms in total. The fourth-order valence-electron chi connectivity index (χ4n) is 2.54. The van der Waals surface area contributed by atoms with Crippen molar-refractivity contribution in [3.8, 4) is 11.5 Å². The van der Waals surface area contributed by atoms with Crippen molar-refractivity contribution < 1.29 is 28.9 Å². The van der Waals surface area contributed by atoms with Crippen LogP contribution in [0.2, 0.25) is 0 Å². The molecule has 0 fully saturated rings. The molecule has 0 aliphatic carbocycles. The van der Waals surface area contributed by atoms with E-state index >= 15 is 0 Å². The van der Waals surface area contributed by atoms with E-state index in [0.29, 0.717) is 30.1 Å². The van der Waals surface area contributed by atoms with Crippen molar-refractivity contribution >= 4 is 11.9 Å². The average Bonchev–Trinajstić information content (AvgIpc) is 3.06. The van der Waals surface area contributed by atoms with E-state index in [1.165, 1.54) is 4.90 Å². The molecule has 132 valence electrons. The number of carbonyl (C=O) groups is 2. The van der Waals surface area contributed by atoms with Crippen LogP contribution in [0.3, 0.4) is 0 Å². The van der Waals surface area contributed by atoms with E-state index in [2.05, 4.69) is 0 Å². The van der Waals surface area contributed by atoms with Crippen molar-refractivity contribution in [3.63, 3.8) is 0 Å². The number of fused-ring (bicyclic) bond motifs is 1. The number of hydrogen-bond acceptors (Lipinski definition) is 6. The minimum Gasteiger partial charge on any atom is -0.466 e. The summed E-state index contributed by atoms with van der Waals surface area (Å²) in [5, 5.41) is 9.56. The summed E-state index contributed by atoms with van der Waals surface area (Å²) in [5.41, 5.74) is 0.426. The zero-order valence-electron chi connectivity index (χ0n) is 14.0. The molecule has 0 saturated carbocycles. The van der Waals surface area contributed by atoms with Gasteiger partial charge in [-0.1, -0.05) is 6.92 Å². The molecule has 1 N–H and O–H groups in total. The average molecular weight is 337 g/mol. The summed E-state index contributed by atoms with van der Waals surface area (Å²) in [4.78, 5) is 25.9. The highest BCUT2D eigenvalue weighted by molar-refractivity contribution is 5.95. The number of rotatable bonds is 8. The first kappa shape index (κ1) is 18.1. The molecular formula is C17H23NO6.